The molecular formula is C10H12ClN2O5PS. The lowest BCUT2D eigenvalue weighted by Crippen LogP contribution is -2.30. The van der Waals surface area contributed by atoms with Gasteiger partial charge in [-0.2, -0.15) is 0 Å². The zero-order chi connectivity index (χ0) is 14.9. The maximum Gasteiger partial charge on any atom is 0.327 e. The Kier molecular flexibility index (Phi) is 5.06. The molecular weight excluding hydrogens is 327 g/mol. The van der Waals surface area contributed by atoms with Gasteiger partial charge in [0.1, 0.15) is 17.6 Å². The number of aliphatic hydroxyl groups is 1. The van der Waals surface area contributed by atoms with Crippen LogP contribution in [0, 0.1) is 11.7 Å². The van der Waals surface area contributed by atoms with Gasteiger partial charge in [-0.25, -0.2) is 4.57 Å². The van der Waals surface area contributed by atoms with Gasteiger partial charge in [0.15, 0.2) is 11.0 Å². The van der Waals surface area contributed by atoms with Crippen molar-refractivity contribution in [3.8, 4) is 0 Å². The Labute approximate surface area is 125 Å². The van der Waals surface area contributed by atoms with E-state index in [-0.39, 0.29) is 16.9 Å². The van der Waals surface area contributed by atoms with Crippen molar-refractivity contribution in [3.05, 3.63) is 26.9 Å². The fourth-order valence-electron chi connectivity index (χ4n) is 1.94. The molecule has 0 aliphatic carbocycles. The number of nitrogens with zero attached hydrogens (tertiary/aromatic N) is 1. The molecule has 7 nitrogen and oxygen atoms in total. The number of halogens is 1. The summed E-state index contributed by atoms with van der Waals surface area (Å²) < 4.78 is 22.1. The monoisotopic (exact) mass is 338 g/mol. The summed E-state index contributed by atoms with van der Waals surface area (Å²) in [5.41, 5.74) is 0.152. The van der Waals surface area contributed by atoms with Crippen molar-refractivity contribution in [2.45, 2.75) is 30.7 Å². The normalized spacial score (nSPS) is 29.9. The average Bonchev–Trinajstić information content (AvgIpc) is 2.68. The standard InChI is InChI=1S/C10H12ClN2O5PS/c1-4-2-13(10(20)12-8(4)15)9-6(11)7(14)5(18-9)3-17-19-16/h2,5-7,9,14H,3H2,1H3,(H,12,15,20)/t5-,6+,7?,9-/m0/s1. The maximum absolute atomic E-state index is 11.4. The molecule has 20 heavy (non-hydrogen) atoms. The van der Waals surface area contributed by atoms with Gasteiger partial charge in [-0.15, -0.1) is 11.6 Å². The van der Waals surface area contributed by atoms with Gasteiger partial charge in [0.05, 0.1) is 6.61 Å². The third-order valence-electron chi connectivity index (χ3n) is 3.01. The zero-order valence-electron chi connectivity index (χ0n) is 10.4. The smallest absolute Gasteiger partial charge is 0.327 e. The number of alkyl halides is 1. The predicted octanol–water partition coefficient (Wildman–Crippen LogP) is 1.30. The number of aliphatic hydroxyl groups excluding tert-OH is 1. The number of rotatable bonds is 4. The number of ether oxygens (including phenoxy) is 1. The van der Waals surface area contributed by atoms with E-state index in [1.807, 2.05) is 0 Å². The Morgan fingerprint density at radius 2 is 2.40 bits per heavy atom. The Morgan fingerprint density at radius 1 is 1.70 bits per heavy atom. The van der Waals surface area contributed by atoms with Crippen LogP contribution in [0.2, 0.25) is 0 Å². The van der Waals surface area contributed by atoms with Crippen LogP contribution >= 0.6 is 32.5 Å². The maximum atomic E-state index is 11.4. The SMILES string of the molecule is Cc1cn([C@H]2O[C@@H](COP=O)C(O)[C@H]2Cl)c(=S)[nH]c1=O. The minimum Gasteiger partial charge on any atom is -0.389 e. The van der Waals surface area contributed by atoms with E-state index >= 15 is 0 Å². The highest BCUT2D eigenvalue weighted by Gasteiger charge is 2.43. The molecule has 1 aromatic rings. The molecule has 0 aromatic carbocycles. The first-order chi connectivity index (χ1) is 9.45. The molecule has 110 valence electrons. The highest BCUT2D eigenvalue weighted by atomic mass is 35.5. The van der Waals surface area contributed by atoms with Crippen LogP contribution in [0.25, 0.3) is 0 Å². The van der Waals surface area contributed by atoms with E-state index in [9.17, 15) is 14.5 Å². The van der Waals surface area contributed by atoms with Crippen LogP contribution in [-0.2, 0) is 13.8 Å². The Morgan fingerprint density at radius 3 is 3.05 bits per heavy atom. The average molecular weight is 339 g/mol. The van der Waals surface area contributed by atoms with Crippen LogP contribution < -0.4 is 5.56 Å². The summed E-state index contributed by atoms with van der Waals surface area (Å²) in [5.74, 6) is 0. The third kappa shape index (κ3) is 3.00. The van der Waals surface area contributed by atoms with Crippen molar-refractivity contribution in [2.75, 3.05) is 6.61 Å². The van der Waals surface area contributed by atoms with Gasteiger partial charge in [0.25, 0.3) is 5.56 Å². The largest absolute Gasteiger partial charge is 0.389 e. The van der Waals surface area contributed by atoms with E-state index in [1.165, 1.54) is 10.8 Å². The number of hydrogen-bond donors (Lipinski definition) is 2. The summed E-state index contributed by atoms with van der Waals surface area (Å²) >= 11 is 11.2. The molecule has 0 saturated carbocycles. The number of hydrogen-bond acceptors (Lipinski definition) is 6. The van der Waals surface area contributed by atoms with Gasteiger partial charge in [0.2, 0.25) is 0 Å². The van der Waals surface area contributed by atoms with Crippen molar-refractivity contribution in [1.82, 2.24) is 9.55 Å². The molecule has 2 heterocycles. The lowest BCUT2D eigenvalue weighted by Gasteiger charge is -2.18. The molecule has 2 N–H and O–H groups in total. The van der Waals surface area contributed by atoms with E-state index in [0.717, 1.165) is 0 Å². The van der Waals surface area contributed by atoms with Gasteiger partial charge in [-0.05, 0) is 19.1 Å². The molecule has 1 saturated heterocycles. The summed E-state index contributed by atoms with van der Waals surface area (Å²) in [6.45, 7) is 1.55. The fraction of sp³-hybridized carbons (Fsp3) is 0.600. The van der Waals surface area contributed by atoms with E-state index < -0.39 is 32.5 Å². The first-order valence-corrected chi connectivity index (χ1v) is 7.27. The summed E-state index contributed by atoms with van der Waals surface area (Å²) in [6, 6.07) is 0. The summed E-state index contributed by atoms with van der Waals surface area (Å²) in [7, 11) is -0.501. The fourth-order valence-corrected chi connectivity index (χ4v) is 2.74. The first kappa shape index (κ1) is 15.8. The second-order valence-corrected chi connectivity index (χ2v) is 5.65. The van der Waals surface area contributed by atoms with E-state index in [2.05, 4.69) is 9.51 Å². The van der Waals surface area contributed by atoms with Crippen molar-refractivity contribution in [3.63, 3.8) is 0 Å². The first-order valence-electron chi connectivity index (χ1n) is 5.70. The summed E-state index contributed by atoms with van der Waals surface area (Å²) in [5, 5.41) is 9.20. The number of aryl methyl sites for hydroxylation is 1. The van der Waals surface area contributed by atoms with Crippen molar-refractivity contribution < 1.29 is 18.9 Å². The molecule has 4 atom stereocenters. The summed E-state index contributed by atoms with van der Waals surface area (Å²) in [6.07, 6.45) is -0.953. The lowest BCUT2D eigenvalue weighted by molar-refractivity contribution is -0.0383. The number of H-pyrrole nitrogens is 1. The molecule has 0 bridgehead atoms. The van der Waals surface area contributed by atoms with E-state index in [0.29, 0.717) is 5.56 Å². The van der Waals surface area contributed by atoms with Crippen molar-refractivity contribution in [1.29, 1.82) is 0 Å². The third-order valence-corrected chi connectivity index (χ3v) is 4.05. The van der Waals surface area contributed by atoms with Gasteiger partial charge < -0.3 is 9.84 Å². The molecule has 10 heteroatoms. The Balaban J connectivity index is 2.30. The lowest BCUT2D eigenvalue weighted by atomic mass is 10.2. The minimum absolute atomic E-state index is 0.0679. The van der Waals surface area contributed by atoms with Crippen LogP contribution in [-0.4, -0.2) is 38.8 Å². The van der Waals surface area contributed by atoms with E-state index in [4.69, 9.17) is 28.6 Å². The Hall–Kier alpha value is -0.630. The molecule has 1 aliphatic heterocycles. The van der Waals surface area contributed by atoms with Crippen LogP contribution in [0.15, 0.2) is 11.0 Å². The van der Waals surface area contributed by atoms with Crippen LogP contribution in [0.5, 0.6) is 0 Å². The van der Waals surface area contributed by atoms with Gasteiger partial charge >= 0.3 is 8.69 Å². The van der Waals surface area contributed by atoms with Crippen molar-refractivity contribution >= 4 is 32.5 Å². The van der Waals surface area contributed by atoms with Crippen LogP contribution in [0.1, 0.15) is 11.8 Å². The molecule has 2 rings (SSSR count). The van der Waals surface area contributed by atoms with Crippen molar-refractivity contribution in [2.24, 2.45) is 0 Å². The second-order valence-electron chi connectivity index (χ2n) is 4.35. The number of aromatic nitrogens is 2. The molecule has 0 spiro atoms. The van der Waals surface area contributed by atoms with Crippen LogP contribution in [0.3, 0.4) is 0 Å². The van der Waals surface area contributed by atoms with Crippen LogP contribution in [0.4, 0.5) is 0 Å². The Bertz CT molecular complexity index is 620. The summed E-state index contributed by atoms with van der Waals surface area (Å²) in [4.78, 5) is 13.9. The van der Waals surface area contributed by atoms with Gasteiger partial charge in [-0.3, -0.25) is 18.9 Å². The predicted molar refractivity (Wildman–Crippen MR) is 73.7 cm³/mol. The number of aromatic amines is 1. The van der Waals surface area contributed by atoms with Gasteiger partial charge in [-0.1, -0.05) is 0 Å². The molecule has 1 aliphatic rings. The van der Waals surface area contributed by atoms with E-state index in [1.54, 1.807) is 6.92 Å². The number of nitrogens with one attached hydrogen (secondary N) is 1. The molecule has 1 unspecified atom stereocenters. The zero-order valence-corrected chi connectivity index (χ0v) is 12.8. The molecule has 0 amide bonds. The quantitative estimate of drug-likeness (QED) is 0.488. The molecule has 1 fully saturated rings. The highest BCUT2D eigenvalue weighted by Crippen LogP contribution is 2.33. The molecule has 1 aromatic heterocycles. The second kappa shape index (κ2) is 6.43. The van der Waals surface area contributed by atoms with Gasteiger partial charge in [0, 0.05) is 11.8 Å². The minimum atomic E-state index is -1.00. The highest BCUT2D eigenvalue weighted by molar-refractivity contribution is 7.71. The topological polar surface area (TPSA) is 93.5 Å². The molecule has 0 radical (unpaired) electrons.